The standard InChI is InChI=1S/C17H18ClF3N2O5/c1-27-15(25)11-2-3-12(18)13(8-11)22-14(24)10-4-6-23(7-5-10)16(26)28-9-17(19,20)21/h2-3,8,10H,4-7,9H2,1H3,(H,22,24). The number of hydrogen-bond donors (Lipinski definition) is 1. The molecule has 28 heavy (non-hydrogen) atoms. The van der Waals surface area contributed by atoms with Gasteiger partial charge in [0.15, 0.2) is 6.61 Å². The molecule has 154 valence electrons. The van der Waals surface area contributed by atoms with Gasteiger partial charge < -0.3 is 19.7 Å². The molecule has 1 saturated heterocycles. The van der Waals surface area contributed by atoms with Gasteiger partial charge in [-0.05, 0) is 31.0 Å². The number of amides is 2. The molecule has 0 spiro atoms. The number of halogens is 4. The highest BCUT2D eigenvalue weighted by atomic mass is 35.5. The third-order valence-electron chi connectivity index (χ3n) is 4.13. The molecule has 1 aromatic carbocycles. The van der Waals surface area contributed by atoms with E-state index >= 15 is 0 Å². The minimum absolute atomic E-state index is 0.0880. The van der Waals surface area contributed by atoms with Gasteiger partial charge in [-0.25, -0.2) is 9.59 Å². The van der Waals surface area contributed by atoms with Crippen molar-refractivity contribution in [2.75, 3.05) is 32.1 Å². The van der Waals surface area contributed by atoms with Crippen LogP contribution in [0.5, 0.6) is 0 Å². The van der Waals surface area contributed by atoms with E-state index in [0.29, 0.717) is 0 Å². The summed E-state index contributed by atoms with van der Waals surface area (Å²) in [6.45, 7) is -1.48. The van der Waals surface area contributed by atoms with E-state index in [4.69, 9.17) is 11.6 Å². The topological polar surface area (TPSA) is 84.9 Å². The first-order valence-electron chi connectivity index (χ1n) is 8.28. The Kier molecular flexibility index (Phi) is 7.11. The summed E-state index contributed by atoms with van der Waals surface area (Å²) in [6.07, 6.45) is -5.15. The number of rotatable bonds is 4. The number of alkyl halides is 3. The van der Waals surface area contributed by atoms with Crippen LogP contribution in [0.3, 0.4) is 0 Å². The lowest BCUT2D eigenvalue weighted by atomic mass is 9.96. The average molecular weight is 423 g/mol. The maximum atomic E-state index is 12.4. The van der Waals surface area contributed by atoms with Gasteiger partial charge in [0.2, 0.25) is 5.91 Å². The summed E-state index contributed by atoms with van der Waals surface area (Å²) in [4.78, 5) is 36.8. The maximum Gasteiger partial charge on any atom is 0.422 e. The molecule has 2 rings (SSSR count). The molecule has 1 fully saturated rings. The van der Waals surface area contributed by atoms with E-state index in [2.05, 4.69) is 14.8 Å². The molecular formula is C17H18ClF3N2O5. The van der Waals surface area contributed by atoms with Crippen LogP contribution in [0.25, 0.3) is 0 Å². The summed E-state index contributed by atoms with van der Waals surface area (Å²) < 4.78 is 45.1. The fourth-order valence-electron chi connectivity index (χ4n) is 2.66. The number of nitrogens with one attached hydrogen (secondary N) is 1. The van der Waals surface area contributed by atoms with E-state index in [1.54, 1.807) is 0 Å². The van der Waals surface area contributed by atoms with Crippen molar-refractivity contribution in [1.82, 2.24) is 4.90 Å². The number of likely N-dealkylation sites (tertiary alicyclic amines) is 1. The van der Waals surface area contributed by atoms with Gasteiger partial charge in [0, 0.05) is 19.0 Å². The molecule has 1 aliphatic rings. The highest BCUT2D eigenvalue weighted by Gasteiger charge is 2.33. The van der Waals surface area contributed by atoms with E-state index < -0.39 is 30.8 Å². The highest BCUT2D eigenvalue weighted by Crippen LogP contribution is 2.26. The Morgan fingerprint density at radius 2 is 1.89 bits per heavy atom. The molecular weight excluding hydrogens is 405 g/mol. The van der Waals surface area contributed by atoms with Crippen molar-refractivity contribution in [2.24, 2.45) is 5.92 Å². The van der Waals surface area contributed by atoms with E-state index in [1.165, 1.54) is 25.3 Å². The van der Waals surface area contributed by atoms with Gasteiger partial charge in [-0.3, -0.25) is 4.79 Å². The number of benzene rings is 1. The third-order valence-corrected chi connectivity index (χ3v) is 4.46. The SMILES string of the molecule is COC(=O)c1ccc(Cl)c(NC(=O)C2CCN(C(=O)OCC(F)(F)F)CC2)c1. The molecule has 0 atom stereocenters. The highest BCUT2D eigenvalue weighted by molar-refractivity contribution is 6.33. The van der Waals surface area contributed by atoms with Crippen molar-refractivity contribution in [3.8, 4) is 0 Å². The number of methoxy groups -OCH3 is 1. The minimum Gasteiger partial charge on any atom is -0.465 e. The van der Waals surface area contributed by atoms with Gasteiger partial charge in [0.05, 0.1) is 23.4 Å². The van der Waals surface area contributed by atoms with Crippen molar-refractivity contribution in [2.45, 2.75) is 19.0 Å². The molecule has 1 aromatic rings. The lowest BCUT2D eigenvalue weighted by Gasteiger charge is -2.30. The Morgan fingerprint density at radius 3 is 2.46 bits per heavy atom. The Balaban J connectivity index is 1.90. The van der Waals surface area contributed by atoms with Crippen LogP contribution in [0.2, 0.25) is 5.02 Å². The summed E-state index contributed by atoms with van der Waals surface area (Å²) in [5, 5.41) is 2.86. The van der Waals surface area contributed by atoms with E-state index in [-0.39, 0.29) is 48.1 Å². The number of carbonyl (C=O) groups excluding carboxylic acids is 3. The predicted octanol–water partition coefficient (Wildman–Crippen LogP) is 3.48. The van der Waals surface area contributed by atoms with E-state index in [9.17, 15) is 27.6 Å². The van der Waals surface area contributed by atoms with E-state index in [0.717, 1.165) is 4.90 Å². The third kappa shape index (κ3) is 6.01. The van der Waals surface area contributed by atoms with Gasteiger partial charge >= 0.3 is 18.2 Å². The zero-order valence-corrected chi connectivity index (χ0v) is 15.6. The lowest BCUT2D eigenvalue weighted by molar-refractivity contribution is -0.162. The Bertz CT molecular complexity index is 749. The molecule has 0 aliphatic carbocycles. The van der Waals surface area contributed by atoms with Crippen molar-refractivity contribution in [3.63, 3.8) is 0 Å². The molecule has 1 N–H and O–H groups in total. The maximum absolute atomic E-state index is 12.4. The molecule has 11 heteroatoms. The molecule has 7 nitrogen and oxygen atoms in total. The number of hydrogen-bond acceptors (Lipinski definition) is 5. The molecule has 0 unspecified atom stereocenters. The molecule has 1 aliphatic heterocycles. The second kappa shape index (κ2) is 9.13. The first-order valence-corrected chi connectivity index (χ1v) is 8.65. The number of nitrogens with zero attached hydrogens (tertiary/aromatic N) is 1. The quantitative estimate of drug-likeness (QED) is 0.751. The monoisotopic (exact) mass is 422 g/mol. The van der Waals surface area contributed by atoms with Crippen LogP contribution >= 0.6 is 11.6 Å². The molecule has 0 bridgehead atoms. The first-order chi connectivity index (χ1) is 13.1. The summed E-state index contributed by atoms with van der Waals surface area (Å²) in [7, 11) is 1.22. The molecule has 0 aromatic heterocycles. The van der Waals surface area contributed by atoms with Crippen molar-refractivity contribution in [1.29, 1.82) is 0 Å². The Hall–Kier alpha value is -2.49. The van der Waals surface area contributed by atoms with Crippen molar-refractivity contribution < 1.29 is 37.0 Å². The van der Waals surface area contributed by atoms with Gasteiger partial charge in [0.25, 0.3) is 0 Å². The zero-order chi connectivity index (χ0) is 20.9. The van der Waals surface area contributed by atoms with Gasteiger partial charge in [0.1, 0.15) is 0 Å². The largest absolute Gasteiger partial charge is 0.465 e. The van der Waals surface area contributed by atoms with Crippen LogP contribution in [0.1, 0.15) is 23.2 Å². The summed E-state index contributed by atoms with van der Waals surface area (Å²) in [5.74, 6) is -1.42. The summed E-state index contributed by atoms with van der Waals surface area (Å²) >= 11 is 6.04. The van der Waals surface area contributed by atoms with Gasteiger partial charge in [-0.15, -0.1) is 0 Å². The number of esters is 1. The van der Waals surface area contributed by atoms with Crippen LogP contribution in [-0.2, 0) is 14.3 Å². The number of carbonyl (C=O) groups is 3. The summed E-state index contributed by atoms with van der Waals surface area (Å²) in [6, 6.07) is 4.28. The normalized spacial score (nSPS) is 15.1. The van der Waals surface area contributed by atoms with E-state index in [1.807, 2.05) is 0 Å². The fraction of sp³-hybridized carbons (Fsp3) is 0.471. The number of piperidine rings is 1. The zero-order valence-electron chi connectivity index (χ0n) is 14.8. The van der Waals surface area contributed by atoms with Crippen LogP contribution in [0, 0.1) is 5.92 Å². The van der Waals surface area contributed by atoms with Crippen LogP contribution in [-0.4, -0.2) is 55.9 Å². The molecule has 1 heterocycles. The Morgan fingerprint density at radius 1 is 1.25 bits per heavy atom. The van der Waals surface area contributed by atoms with Crippen molar-refractivity contribution >= 4 is 35.3 Å². The first kappa shape index (κ1) is 21.8. The van der Waals surface area contributed by atoms with Crippen LogP contribution in [0.4, 0.5) is 23.7 Å². The van der Waals surface area contributed by atoms with Gasteiger partial charge in [-0.1, -0.05) is 11.6 Å². The Labute approximate surface area is 163 Å². The second-order valence-electron chi connectivity index (χ2n) is 6.11. The van der Waals surface area contributed by atoms with Crippen LogP contribution in [0.15, 0.2) is 18.2 Å². The molecule has 0 radical (unpaired) electrons. The van der Waals surface area contributed by atoms with Gasteiger partial charge in [-0.2, -0.15) is 13.2 Å². The second-order valence-corrected chi connectivity index (χ2v) is 6.51. The van der Waals surface area contributed by atoms with Crippen LogP contribution < -0.4 is 5.32 Å². The lowest BCUT2D eigenvalue weighted by Crippen LogP contribution is -2.42. The average Bonchev–Trinajstić information content (AvgIpc) is 2.66. The van der Waals surface area contributed by atoms with Crippen molar-refractivity contribution in [3.05, 3.63) is 28.8 Å². The fourth-order valence-corrected chi connectivity index (χ4v) is 2.82. The molecule has 2 amide bonds. The number of anilines is 1. The smallest absolute Gasteiger partial charge is 0.422 e. The number of ether oxygens (including phenoxy) is 2. The summed E-state index contributed by atoms with van der Waals surface area (Å²) in [5.41, 5.74) is 0.450. The molecule has 0 saturated carbocycles. The predicted molar refractivity (Wildman–Crippen MR) is 93.1 cm³/mol. The minimum atomic E-state index is -4.59.